The molecule has 3 heteroatoms. The van der Waals surface area contributed by atoms with E-state index in [1.54, 1.807) is 12.2 Å². The van der Waals surface area contributed by atoms with Crippen LogP contribution in [-0.4, -0.2) is 19.3 Å². The van der Waals surface area contributed by atoms with Crippen LogP contribution in [0.3, 0.4) is 0 Å². The second kappa shape index (κ2) is 5.41. The van der Waals surface area contributed by atoms with Crippen molar-refractivity contribution in [3.05, 3.63) is 24.4 Å². The number of allylic oxidation sites excluding steroid dienone is 2. The minimum Gasteiger partial charge on any atom is -0.459 e. The second-order valence-electron chi connectivity index (χ2n) is 1.83. The van der Waals surface area contributed by atoms with Gasteiger partial charge < -0.3 is 4.74 Å². The third-order valence-corrected chi connectivity index (χ3v) is 0.937. The number of hydrogen-bond acceptors (Lipinski definition) is 3. The van der Waals surface area contributed by atoms with Gasteiger partial charge in [-0.2, -0.15) is 0 Å². The highest BCUT2D eigenvalue weighted by Crippen LogP contribution is 1.96. The quantitative estimate of drug-likeness (QED) is 0.347. The van der Waals surface area contributed by atoms with Crippen molar-refractivity contribution < 1.29 is 9.53 Å². The molecule has 0 atom stereocenters. The summed E-state index contributed by atoms with van der Waals surface area (Å²) in [4.78, 5) is 13.9. The second-order valence-corrected chi connectivity index (χ2v) is 1.83. The normalized spacial score (nSPS) is 10.5. The molecule has 0 saturated heterocycles. The van der Waals surface area contributed by atoms with E-state index in [2.05, 4.69) is 23.0 Å². The Morgan fingerprint density at radius 3 is 2.73 bits per heavy atom. The Labute approximate surface area is 66.1 Å². The summed E-state index contributed by atoms with van der Waals surface area (Å²) in [6.45, 7) is 8.27. The van der Waals surface area contributed by atoms with Crippen molar-refractivity contribution >= 4 is 12.7 Å². The Bertz CT molecular complexity index is 194. The van der Waals surface area contributed by atoms with Crippen molar-refractivity contribution in [3.8, 4) is 0 Å². The molecule has 0 N–H and O–H groups in total. The molecule has 3 nitrogen and oxygen atoms in total. The predicted molar refractivity (Wildman–Crippen MR) is 44.5 cm³/mol. The van der Waals surface area contributed by atoms with E-state index in [9.17, 15) is 4.79 Å². The van der Waals surface area contributed by atoms with Crippen LogP contribution in [0.1, 0.15) is 6.92 Å². The first-order chi connectivity index (χ1) is 5.20. The predicted octanol–water partition coefficient (Wildman–Crippen LogP) is 1.32. The van der Waals surface area contributed by atoms with E-state index in [0.29, 0.717) is 5.70 Å². The summed E-state index contributed by atoms with van der Waals surface area (Å²) in [5, 5.41) is 0. The fourth-order valence-corrected chi connectivity index (χ4v) is 0.458. The Morgan fingerprint density at radius 2 is 2.36 bits per heavy atom. The third kappa shape index (κ3) is 5.08. The van der Waals surface area contributed by atoms with Gasteiger partial charge in [-0.3, -0.25) is 9.79 Å². The molecule has 0 fully saturated rings. The first kappa shape index (κ1) is 9.62. The summed E-state index contributed by atoms with van der Waals surface area (Å²) in [6.07, 6.45) is 3.20. The maximum Gasteiger partial charge on any atom is 0.303 e. The van der Waals surface area contributed by atoms with E-state index >= 15 is 0 Å². The van der Waals surface area contributed by atoms with Gasteiger partial charge in [-0.25, -0.2) is 0 Å². The van der Waals surface area contributed by atoms with Gasteiger partial charge in [0.1, 0.15) is 6.61 Å². The largest absolute Gasteiger partial charge is 0.459 e. The van der Waals surface area contributed by atoms with Gasteiger partial charge in [-0.05, 0) is 12.8 Å². The van der Waals surface area contributed by atoms with Crippen molar-refractivity contribution in [2.45, 2.75) is 6.92 Å². The number of aliphatic imine (C=N–C) groups is 1. The van der Waals surface area contributed by atoms with Crippen molar-refractivity contribution in [1.29, 1.82) is 0 Å². The van der Waals surface area contributed by atoms with E-state index in [4.69, 9.17) is 0 Å². The minimum absolute atomic E-state index is 0.158. The van der Waals surface area contributed by atoms with Crippen LogP contribution in [0.2, 0.25) is 0 Å². The van der Waals surface area contributed by atoms with E-state index in [-0.39, 0.29) is 12.6 Å². The van der Waals surface area contributed by atoms with Crippen LogP contribution < -0.4 is 0 Å². The van der Waals surface area contributed by atoms with Crippen molar-refractivity contribution in [2.75, 3.05) is 6.61 Å². The number of nitrogens with zero attached hydrogens (tertiary/aromatic N) is 1. The number of carbonyl (C=O) groups is 1. The molecule has 0 radical (unpaired) electrons. The molecule has 0 aromatic rings. The standard InChI is InChI=1S/C8H11NO2/c1-4-5-8(9-3)6-11-7(2)10/h4-5H,1,3,6H2,2H3/b8-5-. The van der Waals surface area contributed by atoms with Crippen LogP contribution in [0.25, 0.3) is 0 Å². The van der Waals surface area contributed by atoms with Gasteiger partial charge in [-0.1, -0.05) is 12.7 Å². The fourth-order valence-electron chi connectivity index (χ4n) is 0.458. The highest BCUT2D eigenvalue weighted by molar-refractivity contribution is 5.66. The molecular formula is C8H11NO2. The molecular weight excluding hydrogens is 142 g/mol. The highest BCUT2D eigenvalue weighted by Gasteiger charge is 1.94. The number of esters is 1. The Balaban J connectivity index is 3.88. The molecule has 0 aliphatic heterocycles. The van der Waals surface area contributed by atoms with E-state index in [1.807, 2.05) is 0 Å². The van der Waals surface area contributed by atoms with Gasteiger partial charge in [0.2, 0.25) is 0 Å². The lowest BCUT2D eigenvalue weighted by molar-refractivity contribution is -0.139. The molecule has 0 unspecified atom stereocenters. The molecule has 0 rings (SSSR count). The van der Waals surface area contributed by atoms with E-state index in [1.165, 1.54) is 6.92 Å². The van der Waals surface area contributed by atoms with Gasteiger partial charge in [0.05, 0.1) is 5.70 Å². The fraction of sp³-hybridized carbons (Fsp3) is 0.250. The van der Waals surface area contributed by atoms with Crippen molar-refractivity contribution in [1.82, 2.24) is 0 Å². The van der Waals surface area contributed by atoms with Crippen LogP contribution in [-0.2, 0) is 9.53 Å². The van der Waals surface area contributed by atoms with Crippen LogP contribution >= 0.6 is 0 Å². The number of hydrogen-bond donors (Lipinski definition) is 0. The minimum atomic E-state index is -0.330. The third-order valence-electron chi connectivity index (χ3n) is 0.937. The SMILES string of the molecule is C=C/C=C(/COC(C)=O)N=C. The molecule has 0 saturated carbocycles. The summed E-state index contributed by atoms with van der Waals surface area (Å²) in [5.41, 5.74) is 0.593. The molecule has 0 amide bonds. The molecule has 60 valence electrons. The average molecular weight is 153 g/mol. The molecule has 0 aromatic heterocycles. The number of ether oxygens (including phenoxy) is 1. The molecule has 0 spiro atoms. The lowest BCUT2D eigenvalue weighted by Gasteiger charge is -1.99. The maximum absolute atomic E-state index is 10.3. The van der Waals surface area contributed by atoms with Gasteiger partial charge >= 0.3 is 5.97 Å². The molecule has 0 aliphatic carbocycles. The molecule has 0 bridgehead atoms. The van der Waals surface area contributed by atoms with Gasteiger partial charge in [0, 0.05) is 6.92 Å². The average Bonchev–Trinajstić information content (AvgIpc) is 1.97. The van der Waals surface area contributed by atoms with Gasteiger partial charge in [0.25, 0.3) is 0 Å². The summed E-state index contributed by atoms with van der Waals surface area (Å²) >= 11 is 0. The summed E-state index contributed by atoms with van der Waals surface area (Å²) in [5.74, 6) is -0.330. The monoisotopic (exact) mass is 153 g/mol. The lowest BCUT2D eigenvalue weighted by atomic mass is 10.4. The zero-order valence-electron chi connectivity index (χ0n) is 6.54. The Hall–Kier alpha value is -1.38. The molecule has 0 heterocycles. The first-order valence-corrected chi connectivity index (χ1v) is 3.12. The molecule has 11 heavy (non-hydrogen) atoms. The lowest BCUT2D eigenvalue weighted by Crippen LogP contribution is -2.01. The number of carbonyl (C=O) groups excluding carboxylic acids is 1. The zero-order valence-corrected chi connectivity index (χ0v) is 6.54. The molecule has 0 aromatic carbocycles. The summed E-state index contributed by atoms with van der Waals surface area (Å²) in [7, 11) is 0. The van der Waals surface area contributed by atoms with Gasteiger partial charge in [0.15, 0.2) is 0 Å². The summed E-state index contributed by atoms with van der Waals surface area (Å²) < 4.78 is 4.66. The highest BCUT2D eigenvalue weighted by atomic mass is 16.5. The molecule has 0 aliphatic rings. The van der Waals surface area contributed by atoms with Crippen LogP contribution in [0.15, 0.2) is 29.4 Å². The Kier molecular flexibility index (Phi) is 4.73. The summed E-state index contributed by atoms with van der Waals surface area (Å²) in [6, 6.07) is 0. The topological polar surface area (TPSA) is 38.7 Å². The van der Waals surface area contributed by atoms with Gasteiger partial charge in [-0.15, -0.1) is 0 Å². The first-order valence-electron chi connectivity index (χ1n) is 3.12. The van der Waals surface area contributed by atoms with E-state index in [0.717, 1.165) is 0 Å². The smallest absolute Gasteiger partial charge is 0.303 e. The van der Waals surface area contributed by atoms with Crippen LogP contribution in [0.4, 0.5) is 0 Å². The van der Waals surface area contributed by atoms with Crippen LogP contribution in [0.5, 0.6) is 0 Å². The Morgan fingerprint density at radius 1 is 1.73 bits per heavy atom. The zero-order chi connectivity index (χ0) is 8.69. The number of rotatable bonds is 4. The maximum atomic E-state index is 10.3. The van der Waals surface area contributed by atoms with Crippen molar-refractivity contribution in [3.63, 3.8) is 0 Å². The van der Waals surface area contributed by atoms with Crippen LogP contribution in [0, 0.1) is 0 Å². The van der Waals surface area contributed by atoms with Crippen molar-refractivity contribution in [2.24, 2.45) is 4.99 Å². The van der Waals surface area contributed by atoms with E-state index < -0.39 is 0 Å².